The van der Waals surface area contributed by atoms with Crippen molar-refractivity contribution in [1.82, 2.24) is 0 Å². The second kappa shape index (κ2) is 6.69. The molecular formula is C18H22FNO3. The molecule has 0 spiro atoms. The topological polar surface area (TPSA) is 55.4 Å². The first-order valence-corrected chi connectivity index (χ1v) is 8.23. The zero-order valence-electron chi connectivity index (χ0n) is 13.3. The molecular weight excluding hydrogens is 297 g/mol. The van der Waals surface area contributed by atoms with Gasteiger partial charge in [0.2, 0.25) is 0 Å². The van der Waals surface area contributed by atoms with Crippen LogP contribution in [0.2, 0.25) is 0 Å². The maximum Gasteiger partial charge on any atom is 0.306 e. The Labute approximate surface area is 135 Å². The lowest BCUT2D eigenvalue weighted by molar-refractivity contribution is -0.148. The zero-order chi connectivity index (χ0) is 16.4. The molecule has 2 bridgehead atoms. The molecule has 5 heteroatoms. The largest absolute Gasteiger partial charge is 0.456 e. The van der Waals surface area contributed by atoms with Crippen LogP contribution in [-0.2, 0) is 14.3 Å². The molecule has 2 aliphatic carbocycles. The van der Waals surface area contributed by atoms with Crippen molar-refractivity contribution in [3.05, 3.63) is 29.6 Å². The van der Waals surface area contributed by atoms with Gasteiger partial charge in [-0.3, -0.25) is 9.59 Å². The van der Waals surface area contributed by atoms with E-state index in [-0.39, 0.29) is 18.3 Å². The van der Waals surface area contributed by atoms with Crippen LogP contribution in [0.1, 0.15) is 37.7 Å². The number of esters is 1. The summed E-state index contributed by atoms with van der Waals surface area (Å²) in [5.74, 6) is 0.510. The average Bonchev–Trinajstić information content (AvgIpc) is 3.11. The Morgan fingerprint density at radius 3 is 2.78 bits per heavy atom. The fourth-order valence-electron chi connectivity index (χ4n) is 3.95. The lowest BCUT2D eigenvalue weighted by atomic mass is 9.86. The Kier molecular flexibility index (Phi) is 4.64. The van der Waals surface area contributed by atoms with E-state index in [2.05, 4.69) is 5.32 Å². The average molecular weight is 319 g/mol. The Bertz CT molecular complexity index is 616. The molecule has 3 rings (SSSR count). The van der Waals surface area contributed by atoms with Crippen molar-refractivity contribution in [3.8, 4) is 0 Å². The minimum Gasteiger partial charge on any atom is -0.456 e. The lowest BCUT2D eigenvalue weighted by Gasteiger charge is -2.20. The van der Waals surface area contributed by atoms with E-state index in [1.807, 2.05) is 0 Å². The third kappa shape index (κ3) is 3.89. The minimum atomic E-state index is -0.519. The number of aryl methyl sites for hydroxylation is 1. The Morgan fingerprint density at radius 2 is 2.13 bits per heavy atom. The van der Waals surface area contributed by atoms with Crippen LogP contribution >= 0.6 is 0 Å². The van der Waals surface area contributed by atoms with Gasteiger partial charge < -0.3 is 10.1 Å². The lowest BCUT2D eigenvalue weighted by Crippen LogP contribution is -2.23. The van der Waals surface area contributed by atoms with Gasteiger partial charge >= 0.3 is 5.97 Å². The normalized spacial score (nSPS) is 25.4. The van der Waals surface area contributed by atoms with Crippen molar-refractivity contribution in [2.24, 2.45) is 17.8 Å². The number of anilines is 1. The molecule has 2 fully saturated rings. The number of amides is 1. The van der Waals surface area contributed by atoms with Crippen LogP contribution < -0.4 is 5.32 Å². The SMILES string of the molecule is Cc1ccc(NC(=O)COC(=O)CC2CC3CCC2C3)c(F)c1. The Balaban J connectivity index is 1.42. The number of hydrogen-bond acceptors (Lipinski definition) is 3. The summed E-state index contributed by atoms with van der Waals surface area (Å²) in [4.78, 5) is 23.6. The van der Waals surface area contributed by atoms with Crippen LogP contribution in [-0.4, -0.2) is 18.5 Å². The van der Waals surface area contributed by atoms with Crippen LogP contribution in [0.5, 0.6) is 0 Å². The summed E-state index contributed by atoms with van der Waals surface area (Å²) < 4.78 is 18.7. The van der Waals surface area contributed by atoms with Gasteiger partial charge in [-0.25, -0.2) is 4.39 Å². The molecule has 1 aromatic carbocycles. The molecule has 23 heavy (non-hydrogen) atoms. The standard InChI is InChI=1S/C18H22FNO3/c1-11-2-5-16(15(19)6-11)20-17(21)10-23-18(22)9-14-8-12-3-4-13(14)7-12/h2,5-6,12-14H,3-4,7-10H2,1H3,(H,20,21). The number of ether oxygens (including phenoxy) is 1. The second-order valence-corrected chi connectivity index (χ2v) is 6.83. The Hall–Kier alpha value is -1.91. The first-order valence-electron chi connectivity index (χ1n) is 8.23. The van der Waals surface area contributed by atoms with Gasteiger partial charge in [-0.1, -0.05) is 12.5 Å². The summed E-state index contributed by atoms with van der Waals surface area (Å²) >= 11 is 0. The van der Waals surface area contributed by atoms with Crippen LogP contribution in [0.15, 0.2) is 18.2 Å². The second-order valence-electron chi connectivity index (χ2n) is 6.83. The summed E-state index contributed by atoms with van der Waals surface area (Å²) in [6.07, 6.45) is 5.26. The van der Waals surface area contributed by atoms with Gasteiger partial charge in [-0.05, 0) is 61.6 Å². The smallest absolute Gasteiger partial charge is 0.306 e. The number of fused-ring (bicyclic) bond motifs is 2. The predicted octanol–water partition coefficient (Wildman–Crippen LogP) is 3.44. The number of hydrogen-bond donors (Lipinski definition) is 1. The van der Waals surface area contributed by atoms with Crippen LogP contribution in [0.25, 0.3) is 0 Å². The molecule has 1 N–H and O–H groups in total. The number of rotatable bonds is 5. The third-order valence-corrected chi connectivity index (χ3v) is 5.08. The van der Waals surface area contributed by atoms with Crippen molar-refractivity contribution in [3.63, 3.8) is 0 Å². The van der Waals surface area contributed by atoms with Gasteiger partial charge in [0.25, 0.3) is 5.91 Å². The molecule has 0 aliphatic heterocycles. The van der Waals surface area contributed by atoms with Crippen molar-refractivity contribution in [2.75, 3.05) is 11.9 Å². The summed E-state index contributed by atoms with van der Waals surface area (Å²) in [6, 6.07) is 4.55. The number of carbonyl (C=O) groups excluding carboxylic acids is 2. The van der Waals surface area contributed by atoms with Gasteiger partial charge in [0.05, 0.1) is 5.69 Å². The summed E-state index contributed by atoms with van der Waals surface area (Å²) in [5.41, 5.74) is 0.877. The van der Waals surface area contributed by atoms with Gasteiger partial charge in [0, 0.05) is 6.42 Å². The fraction of sp³-hybridized carbons (Fsp3) is 0.556. The van der Waals surface area contributed by atoms with E-state index in [0.29, 0.717) is 18.3 Å². The van der Waals surface area contributed by atoms with Crippen molar-refractivity contribution in [2.45, 2.75) is 39.0 Å². The van der Waals surface area contributed by atoms with E-state index < -0.39 is 11.7 Å². The highest BCUT2D eigenvalue weighted by Gasteiger charge is 2.40. The maximum atomic E-state index is 13.6. The highest BCUT2D eigenvalue weighted by molar-refractivity contribution is 5.92. The molecule has 3 unspecified atom stereocenters. The molecule has 2 aliphatic rings. The first kappa shape index (κ1) is 16.0. The van der Waals surface area contributed by atoms with E-state index in [4.69, 9.17) is 4.74 Å². The van der Waals surface area contributed by atoms with Gasteiger partial charge in [-0.15, -0.1) is 0 Å². The highest BCUT2D eigenvalue weighted by atomic mass is 19.1. The molecule has 124 valence electrons. The minimum absolute atomic E-state index is 0.102. The molecule has 0 heterocycles. The molecule has 0 radical (unpaired) electrons. The third-order valence-electron chi connectivity index (χ3n) is 5.08. The van der Waals surface area contributed by atoms with Crippen molar-refractivity contribution < 1.29 is 18.7 Å². The van der Waals surface area contributed by atoms with E-state index in [9.17, 15) is 14.0 Å². The van der Waals surface area contributed by atoms with Crippen LogP contribution in [0, 0.1) is 30.5 Å². The van der Waals surface area contributed by atoms with Gasteiger partial charge in [0.15, 0.2) is 6.61 Å². The quantitative estimate of drug-likeness (QED) is 0.846. The number of benzene rings is 1. The summed E-state index contributed by atoms with van der Waals surface area (Å²) in [5, 5.41) is 2.42. The molecule has 0 aromatic heterocycles. The zero-order valence-corrected chi connectivity index (χ0v) is 13.3. The molecule has 1 amide bonds. The summed E-state index contributed by atoms with van der Waals surface area (Å²) in [6.45, 7) is 1.40. The van der Waals surface area contributed by atoms with E-state index >= 15 is 0 Å². The summed E-state index contributed by atoms with van der Waals surface area (Å²) in [7, 11) is 0. The first-order chi connectivity index (χ1) is 11.0. The number of carbonyl (C=O) groups is 2. The van der Waals surface area contributed by atoms with Crippen LogP contribution in [0.3, 0.4) is 0 Å². The van der Waals surface area contributed by atoms with E-state index in [0.717, 1.165) is 17.9 Å². The molecule has 2 saturated carbocycles. The molecule has 1 aromatic rings. The van der Waals surface area contributed by atoms with E-state index in [1.165, 1.54) is 31.4 Å². The van der Waals surface area contributed by atoms with Crippen LogP contribution in [0.4, 0.5) is 10.1 Å². The van der Waals surface area contributed by atoms with Crippen molar-refractivity contribution >= 4 is 17.6 Å². The van der Waals surface area contributed by atoms with Crippen molar-refractivity contribution in [1.29, 1.82) is 0 Å². The monoisotopic (exact) mass is 319 g/mol. The fourth-order valence-corrected chi connectivity index (χ4v) is 3.95. The van der Waals surface area contributed by atoms with E-state index in [1.54, 1.807) is 13.0 Å². The number of halogens is 1. The predicted molar refractivity (Wildman–Crippen MR) is 84.3 cm³/mol. The van der Waals surface area contributed by atoms with Gasteiger partial charge in [-0.2, -0.15) is 0 Å². The highest BCUT2D eigenvalue weighted by Crippen LogP contribution is 2.49. The molecule has 3 atom stereocenters. The Morgan fingerprint density at radius 1 is 1.30 bits per heavy atom. The molecule has 0 saturated heterocycles. The van der Waals surface area contributed by atoms with Gasteiger partial charge in [0.1, 0.15) is 5.82 Å². The maximum absolute atomic E-state index is 13.6. The molecule has 4 nitrogen and oxygen atoms in total. The number of nitrogens with one attached hydrogen (secondary N) is 1.